The lowest BCUT2D eigenvalue weighted by atomic mass is 9.98. The number of hydrogen-bond donors (Lipinski definition) is 1. The van der Waals surface area contributed by atoms with Gasteiger partial charge in [-0.1, -0.05) is 13.3 Å². The van der Waals surface area contributed by atoms with E-state index in [1.54, 1.807) is 0 Å². The molecule has 1 aromatic rings. The van der Waals surface area contributed by atoms with E-state index in [1.807, 2.05) is 11.3 Å². The predicted molar refractivity (Wildman–Crippen MR) is 72.6 cm³/mol. The minimum atomic E-state index is 0.573. The van der Waals surface area contributed by atoms with E-state index < -0.39 is 0 Å². The van der Waals surface area contributed by atoms with Gasteiger partial charge in [-0.25, -0.2) is 4.98 Å². The summed E-state index contributed by atoms with van der Waals surface area (Å²) < 4.78 is 0. The Hall–Kier alpha value is -0.410. The third-order valence-electron chi connectivity index (χ3n) is 4.36. The second kappa shape index (κ2) is 4.69. The van der Waals surface area contributed by atoms with Crippen molar-refractivity contribution in [3.8, 4) is 0 Å². The maximum absolute atomic E-state index is 4.94. The average Bonchev–Trinajstić information content (AvgIpc) is 2.93. The van der Waals surface area contributed by atoms with Crippen LogP contribution < -0.4 is 5.32 Å². The molecule has 0 saturated heterocycles. The lowest BCUT2D eigenvalue weighted by molar-refractivity contribution is 0.500. The van der Waals surface area contributed by atoms with E-state index in [4.69, 9.17) is 4.98 Å². The van der Waals surface area contributed by atoms with Gasteiger partial charge in [0.15, 0.2) is 0 Å². The molecule has 3 unspecified atom stereocenters. The molecule has 0 amide bonds. The molecule has 1 fully saturated rings. The first-order chi connectivity index (χ1) is 8.28. The van der Waals surface area contributed by atoms with Crippen LogP contribution in [0.2, 0.25) is 0 Å². The van der Waals surface area contributed by atoms with Crippen molar-refractivity contribution in [3.63, 3.8) is 0 Å². The summed E-state index contributed by atoms with van der Waals surface area (Å²) in [5.74, 6) is 1.67. The SMILES string of the molecule is CNC1CCCc2nc(C3CCC(C)C3)sc21. The Labute approximate surface area is 108 Å². The van der Waals surface area contributed by atoms with E-state index in [-0.39, 0.29) is 0 Å². The van der Waals surface area contributed by atoms with Gasteiger partial charge in [-0.15, -0.1) is 11.3 Å². The summed E-state index contributed by atoms with van der Waals surface area (Å²) in [7, 11) is 2.08. The fourth-order valence-electron chi connectivity index (χ4n) is 3.32. The quantitative estimate of drug-likeness (QED) is 0.866. The van der Waals surface area contributed by atoms with Crippen LogP contribution in [0.15, 0.2) is 0 Å². The van der Waals surface area contributed by atoms with E-state index in [2.05, 4.69) is 19.3 Å². The van der Waals surface area contributed by atoms with E-state index in [0.717, 1.165) is 11.8 Å². The van der Waals surface area contributed by atoms with Gasteiger partial charge in [-0.3, -0.25) is 0 Å². The summed E-state index contributed by atoms with van der Waals surface area (Å²) >= 11 is 1.99. The Morgan fingerprint density at radius 1 is 1.29 bits per heavy atom. The van der Waals surface area contributed by atoms with E-state index in [9.17, 15) is 0 Å². The minimum Gasteiger partial charge on any atom is -0.312 e. The largest absolute Gasteiger partial charge is 0.312 e. The number of rotatable bonds is 2. The van der Waals surface area contributed by atoms with Crippen LogP contribution in [0.25, 0.3) is 0 Å². The van der Waals surface area contributed by atoms with Gasteiger partial charge in [0, 0.05) is 16.8 Å². The fraction of sp³-hybridized carbons (Fsp3) is 0.786. The van der Waals surface area contributed by atoms with E-state index >= 15 is 0 Å². The van der Waals surface area contributed by atoms with Crippen molar-refractivity contribution in [2.75, 3.05) is 7.05 Å². The number of aryl methyl sites for hydroxylation is 1. The van der Waals surface area contributed by atoms with Crippen LogP contribution in [0.5, 0.6) is 0 Å². The molecule has 1 heterocycles. The first-order valence-corrected chi connectivity index (χ1v) is 7.76. The van der Waals surface area contributed by atoms with Crippen LogP contribution in [-0.4, -0.2) is 12.0 Å². The molecule has 3 heteroatoms. The lowest BCUT2D eigenvalue weighted by Gasteiger charge is -2.20. The molecule has 2 nitrogen and oxygen atoms in total. The van der Waals surface area contributed by atoms with E-state index in [1.165, 1.54) is 54.1 Å². The van der Waals surface area contributed by atoms with Gasteiger partial charge in [0.05, 0.1) is 10.7 Å². The van der Waals surface area contributed by atoms with Crippen molar-refractivity contribution in [3.05, 3.63) is 15.6 Å². The van der Waals surface area contributed by atoms with Gasteiger partial charge in [0.25, 0.3) is 0 Å². The van der Waals surface area contributed by atoms with Crippen molar-refractivity contribution in [2.24, 2.45) is 5.92 Å². The summed E-state index contributed by atoms with van der Waals surface area (Å²) in [6.45, 7) is 2.38. The zero-order chi connectivity index (χ0) is 11.8. The average molecular weight is 250 g/mol. The third kappa shape index (κ3) is 2.15. The van der Waals surface area contributed by atoms with Crippen LogP contribution in [0.3, 0.4) is 0 Å². The Bertz CT molecular complexity index is 399. The molecule has 1 aromatic heterocycles. The standard InChI is InChI=1S/C14H22N2S/c1-9-6-7-10(8-9)14-16-12-5-3-4-11(15-2)13(12)17-14/h9-11,15H,3-8H2,1-2H3. The van der Waals surface area contributed by atoms with Gasteiger partial charge >= 0.3 is 0 Å². The summed E-state index contributed by atoms with van der Waals surface area (Å²) in [6, 6.07) is 0.573. The van der Waals surface area contributed by atoms with Crippen molar-refractivity contribution in [1.29, 1.82) is 0 Å². The Morgan fingerprint density at radius 3 is 2.88 bits per heavy atom. The molecule has 0 radical (unpaired) electrons. The molecular weight excluding hydrogens is 228 g/mol. The van der Waals surface area contributed by atoms with E-state index in [0.29, 0.717) is 6.04 Å². The molecule has 3 atom stereocenters. The normalized spacial score (nSPS) is 32.7. The highest BCUT2D eigenvalue weighted by Gasteiger charge is 2.29. The first-order valence-electron chi connectivity index (χ1n) is 6.94. The summed E-state index contributed by atoms with van der Waals surface area (Å²) in [6.07, 6.45) is 7.89. The van der Waals surface area contributed by atoms with Crippen molar-refractivity contribution < 1.29 is 0 Å². The molecule has 1 N–H and O–H groups in total. The first kappa shape index (κ1) is 11.7. The smallest absolute Gasteiger partial charge is 0.0962 e. The second-order valence-corrected chi connectivity index (χ2v) is 6.77. The van der Waals surface area contributed by atoms with Crippen LogP contribution in [0.4, 0.5) is 0 Å². The molecule has 94 valence electrons. The van der Waals surface area contributed by atoms with Gasteiger partial charge in [-0.05, 0) is 45.1 Å². The Kier molecular flexibility index (Phi) is 3.22. The van der Waals surface area contributed by atoms with Gasteiger partial charge < -0.3 is 5.32 Å². The number of thiazole rings is 1. The Balaban J connectivity index is 1.85. The van der Waals surface area contributed by atoms with Crippen LogP contribution in [0.1, 0.15) is 66.6 Å². The van der Waals surface area contributed by atoms with Gasteiger partial charge in [0.1, 0.15) is 0 Å². The molecule has 0 spiro atoms. The topological polar surface area (TPSA) is 24.9 Å². The molecule has 0 aromatic carbocycles. The summed E-state index contributed by atoms with van der Waals surface area (Å²) in [4.78, 5) is 6.48. The maximum Gasteiger partial charge on any atom is 0.0962 e. The fourth-order valence-corrected chi connectivity index (χ4v) is 4.73. The van der Waals surface area contributed by atoms with Crippen molar-refractivity contribution in [2.45, 2.75) is 57.4 Å². The molecule has 3 rings (SSSR count). The number of aromatic nitrogens is 1. The number of nitrogens with one attached hydrogen (secondary N) is 1. The minimum absolute atomic E-state index is 0.573. The summed E-state index contributed by atoms with van der Waals surface area (Å²) in [5, 5.41) is 4.88. The Morgan fingerprint density at radius 2 is 2.18 bits per heavy atom. The van der Waals surface area contributed by atoms with Gasteiger partial charge in [0.2, 0.25) is 0 Å². The molecule has 1 saturated carbocycles. The van der Waals surface area contributed by atoms with Gasteiger partial charge in [-0.2, -0.15) is 0 Å². The van der Waals surface area contributed by atoms with Crippen molar-refractivity contribution >= 4 is 11.3 Å². The lowest BCUT2D eigenvalue weighted by Crippen LogP contribution is -2.19. The number of nitrogens with zero attached hydrogens (tertiary/aromatic N) is 1. The molecule has 0 aliphatic heterocycles. The monoisotopic (exact) mass is 250 g/mol. The number of hydrogen-bond acceptors (Lipinski definition) is 3. The van der Waals surface area contributed by atoms with Crippen LogP contribution in [-0.2, 0) is 6.42 Å². The molecule has 2 aliphatic carbocycles. The van der Waals surface area contributed by atoms with Crippen LogP contribution >= 0.6 is 11.3 Å². The highest BCUT2D eigenvalue weighted by Crippen LogP contribution is 2.43. The molecular formula is C14H22N2S. The maximum atomic E-state index is 4.94. The second-order valence-electron chi connectivity index (χ2n) is 5.71. The molecule has 17 heavy (non-hydrogen) atoms. The zero-order valence-corrected chi connectivity index (χ0v) is 11.6. The highest BCUT2D eigenvalue weighted by atomic mass is 32.1. The molecule has 2 aliphatic rings. The highest BCUT2D eigenvalue weighted by molar-refractivity contribution is 7.12. The number of fused-ring (bicyclic) bond motifs is 1. The third-order valence-corrected chi connectivity index (χ3v) is 5.73. The van der Waals surface area contributed by atoms with Crippen LogP contribution in [0, 0.1) is 5.92 Å². The van der Waals surface area contributed by atoms with Crippen molar-refractivity contribution in [1.82, 2.24) is 10.3 Å². The summed E-state index contributed by atoms with van der Waals surface area (Å²) in [5.41, 5.74) is 1.40. The zero-order valence-electron chi connectivity index (χ0n) is 10.8. The molecule has 0 bridgehead atoms. The predicted octanol–water partition coefficient (Wildman–Crippen LogP) is 3.64.